The Kier molecular flexibility index (Phi) is 10.5. The predicted octanol–water partition coefficient (Wildman–Crippen LogP) is 4.00. The van der Waals surface area contributed by atoms with E-state index >= 15 is 0 Å². The van der Waals surface area contributed by atoms with Gasteiger partial charge in [-0.1, -0.05) is 30.3 Å². The molecule has 3 amide bonds. The highest BCUT2D eigenvalue weighted by Gasteiger charge is 2.37. The molecule has 44 heavy (non-hydrogen) atoms. The number of hydrogen-bond acceptors (Lipinski definition) is 6. The normalized spacial score (nSPS) is 15.3. The van der Waals surface area contributed by atoms with E-state index in [0.29, 0.717) is 24.5 Å². The minimum Gasteiger partial charge on any atom is -0.493 e. The predicted molar refractivity (Wildman–Crippen MR) is 157 cm³/mol. The molecule has 0 bridgehead atoms. The number of fused-ring (bicyclic) bond motifs is 1. The van der Waals surface area contributed by atoms with Crippen LogP contribution in [0, 0.1) is 28.9 Å². The summed E-state index contributed by atoms with van der Waals surface area (Å²) in [6.45, 7) is 1.50. The Bertz CT molecular complexity index is 1540. The van der Waals surface area contributed by atoms with Gasteiger partial charge in [0.05, 0.1) is 32.8 Å². The van der Waals surface area contributed by atoms with Crippen LogP contribution in [0.2, 0.25) is 0 Å². The van der Waals surface area contributed by atoms with E-state index in [1.807, 2.05) is 36.4 Å². The van der Waals surface area contributed by atoms with Crippen LogP contribution < -0.4 is 20.1 Å². The molecule has 0 radical (unpaired) electrons. The summed E-state index contributed by atoms with van der Waals surface area (Å²) in [5.41, 5.74) is 2.68. The molecule has 3 unspecified atom stereocenters. The van der Waals surface area contributed by atoms with Gasteiger partial charge in [-0.3, -0.25) is 14.4 Å². The van der Waals surface area contributed by atoms with Crippen LogP contribution in [0.25, 0.3) is 0 Å². The largest absolute Gasteiger partial charge is 0.493 e. The van der Waals surface area contributed by atoms with Gasteiger partial charge >= 0.3 is 0 Å². The van der Waals surface area contributed by atoms with E-state index in [1.54, 1.807) is 11.0 Å². The van der Waals surface area contributed by atoms with Gasteiger partial charge in [-0.15, -0.1) is 0 Å². The number of nitriles is 1. The molecule has 0 saturated heterocycles. The van der Waals surface area contributed by atoms with Crippen LogP contribution in [0.15, 0.2) is 60.7 Å². The number of halogens is 2. The molecule has 1 aliphatic rings. The Labute approximate surface area is 254 Å². The first-order chi connectivity index (χ1) is 21.1. The fraction of sp³-hybridized carbons (Fsp3) is 0.333. The molecular weight excluding hydrogens is 570 g/mol. The van der Waals surface area contributed by atoms with Crippen molar-refractivity contribution >= 4 is 17.7 Å². The monoisotopic (exact) mass is 604 g/mol. The minimum absolute atomic E-state index is 0.0136. The van der Waals surface area contributed by atoms with Gasteiger partial charge in [0.1, 0.15) is 23.6 Å². The highest BCUT2D eigenvalue weighted by atomic mass is 19.1. The molecule has 0 saturated carbocycles. The zero-order valence-electron chi connectivity index (χ0n) is 24.7. The van der Waals surface area contributed by atoms with Crippen LogP contribution in [-0.2, 0) is 33.8 Å². The van der Waals surface area contributed by atoms with Crippen molar-refractivity contribution in [3.05, 3.63) is 94.6 Å². The highest BCUT2D eigenvalue weighted by molar-refractivity contribution is 6.01. The Morgan fingerprint density at radius 1 is 0.977 bits per heavy atom. The summed E-state index contributed by atoms with van der Waals surface area (Å²) in [5.74, 6) is -3.52. The number of benzene rings is 3. The van der Waals surface area contributed by atoms with Crippen molar-refractivity contribution in [3.63, 3.8) is 0 Å². The summed E-state index contributed by atoms with van der Waals surface area (Å²) in [4.78, 5) is 41.9. The Hall–Kier alpha value is -4.98. The summed E-state index contributed by atoms with van der Waals surface area (Å²) in [6.07, 6.45) is 0.658. The second-order valence-corrected chi connectivity index (χ2v) is 10.5. The third kappa shape index (κ3) is 7.50. The van der Waals surface area contributed by atoms with Gasteiger partial charge in [-0.25, -0.2) is 8.78 Å². The maximum absolute atomic E-state index is 14.2. The van der Waals surface area contributed by atoms with Gasteiger partial charge in [0, 0.05) is 25.6 Å². The number of nitrogens with zero attached hydrogens (tertiary/aromatic N) is 2. The van der Waals surface area contributed by atoms with Gasteiger partial charge in [-0.05, 0) is 59.9 Å². The first-order valence-electron chi connectivity index (χ1n) is 14.1. The van der Waals surface area contributed by atoms with Crippen molar-refractivity contribution in [2.24, 2.45) is 5.92 Å². The molecule has 0 aliphatic carbocycles. The van der Waals surface area contributed by atoms with Crippen molar-refractivity contribution in [3.8, 4) is 17.6 Å². The SMILES string of the molecule is COc1cc2c(cc1OC)C(CC#N)N(C(=O)C(Cc1ccccc1)NC(=O)C(C)C(=O)NCc1cc(F)cc(F)c1)CC2. The quantitative estimate of drug-likeness (QED) is 0.319. The van der Waals surface area contributed by atoms with E-state index in [9.17, 15) is 28.4 Å². The lowest BCUT2D eigenvalue weighted by Crippen LogP contribution is -2.54. The average Bonchev–Trinajstić information content (AvgIpc) is 3.02. The number of methoxy groups -OCH3 is 2. The number of carbonyl (C=O) groups excluding carboxylic acids is 3. The van der Waals surface area contributed by atoms with Crippen LogP contribution in [0.5, 0.6) is 11.5 Å². The van der Waals surface area contributed by atoms with Crippen molar-refractivity contribution in [2.75, 3.05) is 20.8 Å². The lowest BCUT2D eigenvalue weighted by molar-refractivity contribution is -0.141. The van der Waals surface area contributed by atoms with E-state index in [4.69, 9.17) is 9.47 Å². The molecule has 3 atom stereocenters. The zero-order chi connectivity index (χ0) is 31.8. The van der Waals surface area contributed by atoms with Crippen molar-refractivity contribution in [1.29, 1.82) is 5.26 Å². The summed E-state index contributed by atoms with van der Waals surface area (Å²) in [6, 6.07) is 16.2. The fourth-order valence-corrected chi connectivity index (χ4v) is 5.32. The van der Waals surface area contributed by atoms with Crippen molar-refractivity contribution < 1.29 is 32.6 Å². The van der Waals surface area contributed by atoms with Crippen molar-refractivity contribution in [2.45, 2.75) is 44.8 Å². The molecule has 230 valence electrons. The van der Waals surface area contributed by atoms with E-state index in [0.717, 1.165) is 34.9 Å². The molecule has 9 nitrogen and oxygen atoms in total. The van der Waals surface area contributed by atoms with Gasteiger partial charge in [0.25, 0.3) is 0 Å². The first-order valence-corrected chi connectivity index (χ1v) is 14.1. The second kappa shape index (κ2) is 14.5. The standard InChI is InChI=1S/C33H34F2N4O5/c1-20(31(40)37-19-22-13-24(34)17-25(35)14-22)32(41)38-27(15-21-7-5-4-6-8-21)33(42)39-12-10-23-16-29(43-2)30(44-3)18-26(23)28(39)9-11-36/h4-8,13-14,16-18,20,27-28H,9-10,12,15,19H2,1-3H3,(H,37,40)(H,38,41). The van der Waals surface area contributed by atoms with E-state index in [-0.39, 0.29) is 24.9 Å². The Morgan fingerprint density at radius 2 is 1.64 bits per heavy atom. The molecule has 1 aliphatic heterocycles. The molecule has 2 N–H and O–H groups in total. The van der Waals surface area contributed by atoms with Crippen LogP contribution in [0.4, 0.5) is 8.78 Å². The lowest BCUT2D eigenvalue weighted by atomic mass is 9.89. The number of hydrogen-bond donors (Lipinski definition) is 2. The van der Waals surface area contributed by atoms with Crippen molar-refractivity contribution in [1.82, 2.24) is 15.5 Å². The highest BCUT2D eigenvalue weighted by Crippen LogP contribution is 2.39. The molecule has 3 aromatic carbocycles. The Morgan fingerprint density at radius 3 is 2.27 bits per heavy atom. The number of nitrogens with one attached hydrogen (secondary N) is 2. The van der Waals surface area contributed by atoms with E-state index in [2.05, 4.69) is 16.7 Å². The Balaban J connectivity index is 1.55. The van der Waals surface area contributed by atoms with Gasteiger partial charge in [0.2, 0.25) is 17.7 Å². The van der Waals surface area contributed by atoms with Crippen LogP contribution in [-0.4, -0.2) is 49.4 Å². The van der Waals surface area contributed by atoms with Gasteiger partial charge in [0.15, 0.2) is 11.5 Å². The summed E-state index contributed by atoms with van der Waals surface area (Å²) in [7, 11) is 3.05. The van der Waals surface area contributed by atoms with Crippen LogP contribution >= 0.6 is 0 Å². The van der Waals surface area contributed by atoms with Gasteiger partial charge < -0.3 is 25.0 Å². The molecule has 4 rings (SSSR count). The maximum atomic E-state index is 14.2. The lowest BCUT2D eigenvalue weighted by Gasteiger charge is -2.39. The molecule has 11 heteroatoms. The minimum atomic E-state index is -1.21. The topological polar surface area (TPSA) is 121 Å². The molecule has 1 heterocycles. The van der Waals surface area contributed by atoms with Crippen LogP contribution in [0.1, 0.15) is 41.6 Å². The number of ether oxygens (including phenoxy) is 2. The number of amides is 3. The smallest absolute Gasteiger partial charge is 0.246 e. The maximum Gasteiger partial charge on any atom is 0.246 e. The summed E-state index contributed by atoms with van der Waals surface area (Å²) in [5, 5.41) is 15.0. The fourth-order valence-electron chi connectivity index (χ4n) is 5.32. The van der Waals surface area contributed by atoms with Gasteiger partial charge in [-0.2, -0.15) is 5.26 Å². The number of rotatable bonds is 11. The second-order valence-electron chi connectivity index (χ2n) is 10.5. The van der Waals surface area contributed by atoms with E-state index < -0.39 is 47.4 Å². The zero-order valence-corrected chi connectivity index (χ0v) is 24.7. The molecule has 0 aromatic heterocycles. The van der Waals surface area contributed by atoms with Crippen LogP contribution in [0.3, 0.4) is 0 Å². The molecular formula is C33H34F2N4O5. The number of carbonyl (C=O) groups is 3. The molecule has 0 fully saturated rings. The molecule has 0 spiro atoms. The molecule has 3 aromatic rings. The third-order valence-electron chi connectivity index (χ3n) is 7.64. The summed E-state index contributed by atoms with van der Waals surface area (Å²) >= 11 is 0. The third-order valence-corrected chi connectivity index (χ3v) is 7.64. The first kappa shape index (κ1) is 31.9. The average molecular weight is 605 g/mol. The summed E-state index contributed by atoms with van der Waals surface area (Å²) < 4.78 is 38.0. The van der Waals surface area contributed by atoms with E-state index in [1.165, 1.54) is 21.1 Å².